The molecule has 1 aromatic rings. The first-order valence-electron chi connectivity index (χ1n) is 4.35. The number of ether oxygens (including phenoxy) is 1. The fourth-order valence-corrected chi connectivity index (χ4v) is 0.971. The third kappa shape index (κ3) is 4.41. The molecule has 0 fully saturated rings. The van der Waals surface area contributed by atoms with Crippen LogP contribution in [-0.4, -0.2) is 18.8 Å². The van der Waals surface area contributed by atoms with Crippen LogP contribution in [0.2, 0.25) is 0 Å². The summed E-state index contributed by atoms with van der Waals surface area (Å²) in [5, 5.41) is 6.67. The van der Waals surface area contributed by atoms with Crippen molar-refractivity contribution in [3.8, 4) is 5.75 Å². The van der Waals surface area contributed by atoms with Gasteiger partial charge in [-0.25, -0.2) is 4.39 Å². The highest BCUT2D eigenvalue weighted by atomic mass is 19.3. The third-order valence-corrected chi connectivity index (χ3v) is 1.56. The Hall–Kier alpha value is -2.25. The molecule has 0 saturated heterocycles. The van der Waals surface area contributed by atoms with E-state index in [1.165, 1.54) is 6.07 Å². The maximum absolute atomic E-state index is 12.8. The average Bonchev–Trinajstić information content (AvgIpc) is 2.20. The maximum Gasteiger partial charge on any atom is 0.387 e. The van der Waals surface area contributed by atoms with E-state index < -0.39 is 12.4 Å². The van der Waals surface area contributed by atoms with Crippen molar-refractivity contribution in [2.45, 2.75) is 6.61 Å². The van der Waals surface area contributed by atoms with Crippen LogP contribution in [0.4, 0.5) is 13.2 Å². The van der Waals surface area contributed by atoms with Crippen LogP contribution in [0.5, 0.6) is 5.75 Å². The lowest BCUT2D eigenvalue weighted by atomic mass is 10.2. The van der Waals surface area contributed by atoms with Crippen molar-refractivity contribution < 1.29 is 17.9 Å². The van der Waals surface area contributed by atoms with Gasteiger partial charge in [-0.1, -0.05) is 0 Å². The third-order valence-electron chi connectivity index (χ3n) is 1.56. The molecule has 0 aliphatic rings. The number of halogens is 3. The average molecular weight is 246 g/mol. The quantitative estimate of drug-likeness (QED) is 0.472. The summed E-state index contributed by atoms with van der Waals surface area (Å²) in [7, 11) is 0. The number of rotatable bonds is 4. The number of benzene rings is 1. The molecule has 0 aromatic heterocycles. The predicted molar refractivity (Wildman–Crippen MR) is 56.4 cm³/mol. The number of guanidine groups is 1. The summed E-state index contributed by atoms with van der Waals surface area (Å²) >= 11 is 0. The van der Waals surface area contributed by atoms with Crippen LogP contribution >= 0.6 is 0 Å². The summed E-state index contributed by atoms with van der Waals surface area (Å²) < 4.78 is 41.0. The molecule has 92 valence electrons. The molecular formula is C9H9F3N4O. The second kappa shape index (κ2) is 5.73. The Bertz CT molecular complexity index is 444. The fraction of sp³-hybridized carbons (Fsp3) is 0.111. The molecule has 0 radical (unpaired) electrons. The molecule has 1 aromatic carbocycles. The Kier molecular flexibility index (Phi) is 4.32. The SMILES string of the molecule is NC(N)=NN=Cc1ccc(F)cc1OC(F)F. The van der Waals surface area contributed by atoms with E-state index in [1.807, 2.05) is 0 Å². The second-order valence-corrected chi connectivity index (χ2v) is 2.83. The van der Waals surface area contributed by atoms with E-state index in [1.54, 1.807) is 0 Å². The topological polar surface area (TPSA) is 86.0 Å². The monoisotopic (exact) mass is 246 g/mol. The Morgan fingerprint density at radius 1 is 1.35 bits per heavy atom. The van der Waals surface area contributed by atoms with Gasteiger partial charge in [0, 0.05) is 11.6 Å². The summed E-state index contributed by atoms with van der Waals surface area (Å²) in [6.07, 6.45) is 1.07. The van der Waals surface area contributed by atoms with Gasteiger partial charge in [0.05, 0.1) is 6.21 Å². The van der Waals surface area contributed by atoms with Crippen LogP contribution in [0.1, 0.15) is 5.56 Å². The first kappa shape index (κ1) is 12.8. The normalized spacial score (nSPS) is 10.8. The number of alkyl halides is 2. The first-order chi connectivity index (χ1) is 7.99. The highest BCUT2D eigenvalue weighted by Gasteiger charge is 2.09. The van der Waals surface area contributed by atoms with Gasteiger partial charge in [0.15, 0.2) is 0 Å². The van der Waals surface area contributed by atoms with Crippen LogP contribution in [0.15, 0.2) is 28.4 Å². The molecule has 4 N–H and O–H groups in total. The number of hydrogen-bond acceptors (Lipinski definition) is 3. The smallest absolute Gasteiger partial charge is 0.387 e. The van der Waals surface area contributed by atoms with Crippen molar-refractivity contribution in [3.63, 3.8) is 0 Å². The number of nitrogens with two attached hydrogens (primary N) is 2. The summed E-state index contributed by atoms with van der Waals surface area (Å²) in [6.45, 7) is -3.06. The summed E-state index contributed by atoms with van der Waals surface area (Å²) in [5.41, 5.74) is 10.1. The van der Waals surface area contributed by atoms with Gasteiger partial charge < -0.3 is 16.2 Å². The van der Waals surface area contributed by atoms with Crippen LogP contribution in [0, 0.1) is 5.82 Å². The van der Waals surface area contributed by atoms with Gasteiger partial charge in [0.2, 0.25) is 5.96 Å². The van der Waals surface area contributed by atoms with E-state index >= 15 is 0 Å². The minimum absolute atomic E-state index is 0.122. The number of hydrogen-bond donors (Lipinski definition) is 2. The van der Waals surface area contributed by atoms with Crippen molar-refractivity contribution in [3.05, 3.63) is 29.6 Å². The minimum Gasteiger partial charge on any atom is -0.434 e. The highest BCUT2D eigenvalue weighted by Crippen LogP contribution is 2.20. The van der Waals surface area contributed by atoms with Crippen LogP contribution in [-0.2, 0) is 0 Å². The van der Waals surface area contributed by atoms with Crippen molar-refractivity contribution in [1.29, 1.82) is 0 Å². The van der Waals surface area contributed by atoms with Gasteiger partial charge in [0.1, 0.15) is 11.6 Å². The van der Waals surface area contributed by atoms with E-state index in [9.17, 15) is 13.2 Å². The molecule has 1 rings (SSSR count). The van der Waals surface area contributed by atoms with Crippen molar-refractivity contribution in [1.82, 2.24) is 0 Å². The zero-order chi connectivity index (χ0) is 12.8. The Labute approximate surface area is 94.6 Å². The molecule has 0 aliphatic carbocycles. The summed E-state index contributed by atoms with van der Waals surface area (Å²) in [5.74, 6) is -1.35. The van der Waals surface area contributed by atoms with E-state index in [4.69, 9.17) is 11.5 Å². The highest BCUT2D eigenvalue weighted by molar-refractivity contribution is 5.84. The first-order valence-corrected chi connectivity index (χ1v) is 4.35. The molecule has 5 nitrogen and oxygen atoms in total. The molecule has 0 aliphatic heterocycles. The fourth-order valence-electron chi connectivity index (χ4n) is 0.971. The van der Waals surface area contributed by atoms with Crippen molar-refractivity contribution in [2.24, 2.45) is 21.7 Å². The van der Waals surface area contributed by atoms with Gasteiger partial charge in [-0.2, -0.15) is 13.9 Å². The van der Waals surface area contributed by atoms with Gasteiger partial charge in [-0.3, -0.25) is 0 Å². The molecule has 0 spiro atoms. The van der Waals surface area contributed by atoms with E-state index in [-0.39, 0.29) is 17.3 Å². The molecule has 0 saturated carbocycles. The molecule has 0 unspecified atom stereocenters. The molecule has 0 heterocycles. The van der Waals surface area contributed by atoms with Gasteiger partial charge >= 0.3 is 6.61 Å². The maximum atomic E-state index is 12.8. The van der Waals surface area contributed by atoms with Crippen LogP contribution < -0.4 is 16.2 Å². The zero-order valence-electron chi connectivity index (χ0n) is 8.48. The van der Waals surface area contributed by atoms with Crippen molar-refractivity contribution >= 4 is 12.2 Å². The largest absolute Gasteiger partial charge is 0.434 e. The standard InChI is InChI=1S/C9H9F3N4O/c10-6-2-1-5(4-15-16-9(13)14)7(3-6)17-8(11)12/h1-4,8H,(H4,13,14,16). The van der Waals surface area contributed by atoms with E-state index in [0.29, 0.717) is 0 Å². The Balaban J connectivity index is 2.97. The summed E-state index contributed by atoms with van der Waals surface area (Å²) in [4.78, 5) is 0. The molecule has 0 amide bonds. The van der Waals surface area contributed by atoms with Gasteiger partial charge in [-0.15, -0.1) is 5.10 Å². The second-order valence-electron chi connectivity index (χ2n) is 2.83. The molecular weight excluding hydrogens is 237 g/mol. The van der Waals surface area contributed by atoms with Crippen LogP contribution in [0.25, 0.3) is 0 Å². The molecule has 8 heteroatoms. The molecule has 0 atom stereocenters. The molecule has 17 heavy (non-hydrogen) atoms. The lowest BCUT2D eigenvalue weighted by Gasteiger charge is -2.06. The Morgan fingerprint density at radius 3 is 2.65 bits per heavy atom. The lowest BCUT2D eigenvalue weighted by Crippen LogP contribution is -2.21. The van der Waals surface area contributed by atoms with Gasteiger partial charge in [0.25, 0.3) is 0 Å². The number of nitrogens with zero attached hydrogens (tertiary/aromatic N) is 2. The predicted octanol–water partition coefficient (Wildman–Crippen LogP) is 1.03. The lowest BCUT2D eigenvalue weighted by molar-refractivity contribution is -0.0500. The van der Waals surface area contributed by atoms with E-state index in [2.05, 4.69) is 14.9 Å². The zero-order valence-corrected chi connectivity index (χ0v) is 8.48. The van der Waals surface area contributed by atoms with Crippen LogP contribution in [0.3, 0.4) is 0 Å². The summed E-state index contributed by atoms with van der Waals surface area (Å²) in [6, 6.07) is 3.08. The van der Waals surface area contributed by atoms with E-state index in [0.717, 1.165) is 18.3 Å². The minimum atomic E-state index is -3.06. The molecule has 0 bridgehead atoms. The van der Waals surface area contributed by atoms with Gasteiger partial charge in [-0.05, 0) is 12.1 Å². The Morgan fingerprint density at radius 2 is 2.06 bits per heavy atom. The van der Waals surface area contributed by atoms with Crippen molar-refractivity contribution in [2.75, 3.05) is 0 Å².